The first-order valence-electron chi connectivity index (χ1n) is 7.77. The zero-order valence-corrected chi connectivity index (χ0v) is 15.4. The summed E-state index contributed by atoms with van der Waals surface area (Å²) in [6, 6.07) is 4.68. The van der Waals surface area contributed by atoms with Crippen LogP contribution < -0.4 is 9.47 Å². The molecule has 0 fully saturated rings. The molecule has 4 nitrogen and oxygen atoms in total. The molecule has 0 aliphatic carbocycles. The predicted molar refractivity (Wildman–Crippen MR) is 92.9 cm³/mol. The van der Waals surface area contributed by atoms with E-state index in [0.29, 0.717) is 18.2 Å². The van der Waals surface area contributed by atoms with Gasteiger partial charge in [-0.05, 0) is 35.8 Å². The van der Waals surface area contributed by atoms with E-state index in [1.165, 1.54) is 13.2 Å². The fourth-order valence-electron chi connectivity index (χ4n) is 1.95. The molecule has 1 aromatic carbocycles. The van der Waals surface area contributed by atoms with Gasteiger partial charge in [0.2, 0.25) is 5.91 Å². The third kappa shape index (κ3) is 7.38. The summed E-state index contributed by atoms with van der Waals surface area (Å²) in [6.07, 6.45) is 1.09. The van der Waals surface area contributed by atoms with Crippen molar-refractivity contribution in [3.05, 3.63) is 23.8 Å². The summed E-state index contributed by atoms with van der Waals surface area (Å²) >= 11 is 1.63. The van der Waals surface area contributed by atoms with Gasteiger partial charge in [-0.1, -0.05) is 19.9 Å². The molecule has 0 unspecified atom stereocenters. The highest BCUT2D eigenvalue weighted by molar-refractivity contribution is 7.99. The van der Waals surface area contributed by atoms with Gasteiger partial charge in [-0.2, -0.15) is 20.5 Å². The molecule has 1 amide bonds. The summed E-state index contributed by atoms with van der Waals surface area (Å²) in [5, 5.41) is 0. The largest absolute Gasteiger partial charge is 0.493 e. The standard InChI is InChI=1S/C17H25F2NO3S/c1-12(2)7-8-24-11-16(21)20(3)10-13-5-6-14(23-17(18)19)15(9-13)22-4/h5-6,9,12,17H,7-8,10-11H2,1-4H3. The number of nitrogens with zero attached hydrogens (tertiary/aromatic N) is 1. The number of hydrogen-bond donors (Lipinski definition) is 0. The van der Waals surface area contributed by atoms with Gasteiger partial charge in [0.25, 0.3) is 0 Å². The molecular weight excluding hydrogens is 336 g/mol. The molecule has 7 heteroatoms. The van der Waals surface area contributed by atoms with E-state index in [9.17, 15) is 13.6 Å². The van der Waals surface area contributed by atoms with Crippen molar-refractivity contribution in [1.82, 2.24) is 4.90 Å². The Balaban J connectivity index is 2.56. The molecule has 0 spiro atoms. The first kappa shape index (κ1) is 20.5. The number of halogens is 2. The molecule has 0 N–H and O–H groups in total. The molecule has 0 heterocycles. The molecule has 0 aliphatic heterocycles. The Morgan fingerprint density at radius 3 is 2.58 bits per heavy atom. The second-order valence-electron chi connectivity index (χ2n) is 5.85. The predicted octanol–water partition coefficient (Wildman–Crippen LogP) is 4.03. The van der Waals surface area contributed by atoms with Crippen LogP contribution in [0.3, 0.4) is 0 Å². The Labute approximate surface area is 146 Å². The Hall–Kier alpha value is -1.50. The zero-order chi connectivity index (χ0) is 18.1. The third-order valence-corrected chi connectivity index (χ3v) is 4.33. The number of amides is 1. The highest BCUT2D eigenvalue weighted by Crippen LogP contribution is 2.29. The first-order chi connectivity index (χ1) is 11.3. The minimum Gasteiger partial charge on any atom is -0.493 e. The summed E-state index contributed by atoms with van der Waals surface area (Å²) in [5.41, 5.74) is 0.788. The average molecular weight is 361 g/mol. The molecular formula is C17H25F2NO3S. The van der Waals surface area contributed by atoms with Crippen LogP contribution in [0.5, 0.6) is 11.5 Å². The van der Waals surface area contributed by atoms with Gasteiger partial charge in [-0.25, -0.2) is 0 Å². The Kier molecular flexibility index (Phi) is 8.89. The lowest BCUT2D eigenvalue weighted by Gasteiger charge is -2.18. The van der Waals surface area contributed by atoms with Crippen LogP contribution in [0.25, 0.3) is 0 Å². The number of benzene rings is 1. The topological polar surface area (TPSA) is 38.8 Å². The van der Waals surface area contributed by atoms with Gasteiger partial charge >= 0.3 is 6.61 Å². The van der Waals surface area contributed by atoms with Crippen molar-refractivity contribution in [3.63, 3.8) is 0 Å². The molecule has 0 radical (unpaired) electrons. The quantitative estimate of drug-likeness (QED) is 0.590. The van der Waals surface area contributed by atoms with Crippen LogP contribution in [-0.4, -0.2) is 43.1 Å². The van der Waals surface area contributed by atoms with Crippen molar-refractivity contribution >= 4 is 17.7 Å². The molecule has 24 heavy (non-hydrogen) atoms. The van der Waals surface area contributed by atoms with E-state index in [-0.39, 0.29) is 17.4 Å². The SMILES string of the molecule is COc1cc(CN(C)C(=O)CSCCC(C)C)ccc1OC(F)F. The second-order valence-corrected chi connectivity index (χ2v) is 6.95. The van der Waals surface area contributed by atoms with Crippen LogP contribution in [-0.2, 0) is 11.3 Å². The molecule has 0 atom stereocenters. The second kappa shape index (κ2) is 10.4. The average Bonchev–Trinajstić information content (AvgIpc) is 2.51. The van der Waals surface area contributed by atoms with E-state index in [1.54, 1.807) is 35.8 Å². The maximum absolute atomic E-state index is 12.3. The molecule has 1 rings (SSSR count). The van der Waals surface area contributed by atoms with Crippen LogP contribution in [0.4, 0.5) is 8.78 Å². The van der Waals surface area contributed by atoms with Crippen LogP contribution in [0, 0.1) is 5.92 Å². The number of carbonyl (C=O) groups excluding carboxylic acids is 1. The van der Waals surface area contributed by atoms with Gasteiger partial charge in [0.1, 0.15) is 0 Å². The fraction of sp³-hybridized carbons (Fsp3) is 0.588. The van der Waals surface area contributed by atoms with Gasteiger partial charge < -0.3 is 14.4 Å². The first-order valence-corrected chi connectivity index (χ1v) is 8.92. The van der Waals surface area contributed by atoms with Crippen molar-refractivity contribution in [2.24, 2.45) is 5.92 Å². The Morgan fingerprint density at radius 2 is 2.00 bits per heavy atom. The number of thioether (sulfide) groups is 1. The lowest BCUT2D eigenvalue weighted by atomic mass is 10.2. The number of carbonyl (C=O) groups is 1. The maximum atomic E-state index is 12.3. The third-order valence-electron chi connectivity index (χ3n) is 3.35. The maximum Gasteiger partial charge on any atom is 0.387 e. The van der Waals surface area contributed by atoms with E-state index in [4.69, 9.17) is 4.74 Å². The lowest BCUT2D eigenvalue weighted by molar-refractivity contribution is -0.127. The van der Waals surface area contributed by atoms with Gasteiger partial charge in [-0.3, -0.25) is 4.79 Å². The van der Waals surface area contributed by atoms with Gasteiger partial charge in [0.15, 0.2) is 11.5 Å². The summed E-state index contributed by atoms with van der Waals surface area (Å²) < 4.78 is 34.1. The van der Waals surface area contributed by atoms with Crippen molar-refractivity contribution in [2.45, 2.75) is 33.4 Å². The van der Waals surface area contributed by atoms with E-state index in [2.05, 4.69) is 18.6 Å². The number of methoxy groups -OCH3 is 1. The lowest BCUT2D eigenvalue weighted by Crippen LogP contribution is -2.28. The molecule has 0 aromatic heterocycles. The summed E-state index contributed by atoms with van der Waals surface area (Å²) in [7, 11) is 3.11. The summed E-state index contributed by atoms with van der Waals surface area (Å²) in [5.74, 6) is 2.27. The fourth-order valence-corrected chi connectivity index (χ4v) is 3.13. The van der Waals surface area contributed by atoms with Crippen molar-refractivity contribution < 1.29 is 23.0 Å². The molecule has 136 valence electrons. The van der Waals surface area contributed by atoms with Gasteiger partial charge in [0.05, 0.1) is 12.9 Å². The van der Waals surface area contributed by atoms with E-state index < -0.39 is 6.61 Å². The normalized spacial score (nSPS) is 11.0. The summed E-state index contributed by atoms with van der Waals surface area (Å²) in [4.78, 5) is 13.7. The van der Waals surface area contributed by atoms with E-state index in [1.807, 2.05) is 0 Å². The van der Waals surface area contributed by atoms with Crippen molar-refractivity contribution in [3.8, 4) is 11.5 Å². The minimum absolute atomic E-state index is 0.0190. The monoisotopic (exact) mass is 361 g/mol. The van der Waals surface area contributed by atoms with Crippen molar-refractivity contribution in [1.29, 1.82) is 0 Å². The number of alkyl halides is 2. The van der Waals surface area contributed by atoms with E-state index in [0.717, 1.165) is 17.7 Å². The Morgan fingerprint density at radius 1 is 1.29 bits per heavy atom. The zero-order valence-electron chi connectivity index (χ0n) is 14.6. The Bertz CT molecular complexity index is 527. The number of hydrogen-bond acceptors (Lipinski definition) is 4. The van der Waals surface area contributed by atoms with Crippen molar-refractivity contribution in [2.75, 3.05) is 25.7 Å². The highest BCUT2D eigenvalue weighted by atomic mass is 32.2. The molecule has 0 saturated carbocycles. The minimum atomic E-state index is -2.91. The van der Waals surface area contributed by atoms with Gasteiger partial charge in [-0.15, -0.1) is 0 Å². The van der Waals surface area contributed by atoms with Gasteiger partial charge in [0, 0.05) is 13.6 Å². The highest BCUT2D eigenvalue weighted by Gasteiger charge is 2.14. The van der Waals surface area contributed by atoms with Crippen LogP contribution in [0.15, 0.2) is 18.2 Å². The molecule has 0 aliphatic rings. The van der Waals surface area contributed by atoms with Crippen LogP contribution >= 0.6 is 11.8 Å². The number of ether oxygens (including phenoxy) is 2. The molecule has 1 aromatic rings. The molecule has 0 saturated heterocycles. The van der Waals surface area contributed by atoms with Crippen LogP contribution in [0.2, 0.25) is 0 Å². The smallest absolute Gasteiger partial charge is 0.387 e. The molecule has 0 bridgehead atoms. The summed E-state index contributed by atoms with van der Waals surface area (Å²) in [6.45, 7) is 1.79. The number of rotatable bonds is 10. The van der Waals surface area contributed by atoms with Crippen LogP contribution in [0.1, 0.15) is 25.8 Å². The van der Waals surface area contributed by atoms with E-state index >= 15 is 0 Å².